The van der Waals surface area contributed by atoms with Crippen molar-refractivity contribution < 1.29 is 19.3 Å². The molecule has 1 aromatic heterocycles. The Balaban J connectivity index is 1.22. The predicted molar refractivity (Wildman–Crippen MR) is 192 cm³/mol. The van der Waals surface area contributed by atoms with Gasteiger partial charge in [0, 0.05) is 60.2 Å². The van der Waals surface area contributed by atoms with Crippen molar-refractivity contribution in [2.45, 2.75) is 57.9 Å². The first-order chi connectivity index (χ1) is 23.8. The van der Waals surface area contributed by atoms with Crippen molar-refractivity contribution in [3.8, 4) is 34.4 Å². The predicted octanol–water partition coefficient (Wildman–Crippen LogP) is 7.76. The summed E-state index contributed by atoms with van der Waals surface area (Å²) < 4.78 is 19.2. The van der Waals surface area contributed by atoms with E-state index in [1.807, 2.05) is 37.3 Å². The molecule has 2 N–H and O–H groups in total. The quantitative estimate of drug-likeness (QED) is 0.146. The van der Waals surface area contributed by atoms with E-state index in [2.05, 4.69) is 46.5 Å². The van der Waals surface area contributed by atoms with Gasteiger partial charge in [-0.05, 0) is 81.1 Å². The minimum absolute atomic E-state index is 0.00161. The Bertz CT molecular complexity index is 1810. The van der Waals surface area contributed by atoms with Crippen molar-refractivity contribution in [2.75, 3.05) is 33.4 Å². The maximum atomic E-state index is 9.54. The lowest BCUT2D eigenvalue weighted by atomic mass is 9.96. The number of aliphatic hydroxyl groups is 1. The number of piperidine rings is 1. The number of fused-ring (bicyclic) bond motifs is 1. The van der Waals surface area contributed by atoms with Gasteiger partial charge in [0.15, 0.2) is 0 Å². The molecular formula is C39H42Cl2N4O4. The number of nitrogens with zero attached hydrogens (tertiary/aromatic N) is 3. The van der Waals surface area contributed by atoms with E-state index in [4.69, 9.17) is 37.4 Å². The first-order valence-electron chi connectivity index (χ1n) is 16.8. The normalized spacial score (nSPS) is 18.0. The van der Waals surface area contributed by atoms with Crippen LogP contribution in [-0.4, -0.2) is 54.4 Å². The zero-order valence-electron chi connectivity index (χ0n) is 27.9. The van der Waals surface area contributed by atoms with Crippen LogP contribution in [0.2, 0.25) is 10.0 Å². The Labute approximate surface area is 298 Å². The summed E-state index contributed by atoms with van der Waals surface area (Å²) in [6.07, 6.45) is 6.96. The fraction of sp³-hybridized carbons (Fsp3) is 0.385. The molecule has 0 spiro atoms. The van der Waals surface area contributed by atoms with Gasteiger partial charge in [0.25, 0.3) is 0 Å². The molecule has 4 aromatic rings. The monoisotopic (exact) mass is 700 g/mol. The third kappa shape index (κ3) is 8.49. The second kappa shape index (κ2) is 16.2. The molecule has 3 atom stereocenters. The van der Waals surface area contributed by atoms with E-state index in [1.165, 1.54) is 24.6 Å². The van der Waals surface area contributed by atoms with Gasteiger partial charge >= 0.3 is 0 Å². The summed E-state index contributed by atoms with van der Waals surface area (Å²) in [5.74, 6) is 2.32. The Morgan fingerprint density at radius 2 is 1.88 bits per heavy atom. The van der Waals surface area contributed by atoms with Gasteiger partial charge in [-0.3, -0.25) is 4.98 Å². The number of pyridine rings is 1. The number of benzene rings is 3. The van der Waals surface area contributed by atoms with Crippen molar-refractivity contribution >= 4 is 23.2 Å². The van der Waals surface area contributed by atoms with Gasteiger partial charge in [0.1, 0.15) is 36.0 Å². The smallest absolute Gasteiger partial charge is 0.142 e. The van der Waals surface area contributed by atoms with Gasteiger partial charge in [-0.15, -0.1) is 0 Å². The largest absolute Gasteiger partial charge is 0.492 e. The molecule has 8 nitrogen and oxygen atoms in total. The highest BCUT2D eigenvalue weighted by molar-refractivity contribution is 6.35. The molecule has 1 saturated heterocycles. The van der Waals surface area contributed by atoms with Crippen LogP contribution in [0.25, 0.3) is 11.1 Å². The fourth-order valence-corrected chi connectivity index (χ4v) is 7.18. The number of nitriles is 1. The van der Waals surface area contributed by atoms with Crippen molar-refractivity contribution in [3.63, 3.8) is 0 Å². The van der Waals surface area contributed by atoms with Crippen LogP contribution in [-0.2, 0) is 19.6 Å². The van der Waals surface area contributed by atoms with E-state index in [0.29, 0.717) is 51.9 Å². The molecule has 0 radical (unpaired) electrons. The number of halogens is 2. The summed E-state index contributed by atoms with van der Waals surface area (Å²) in [6, 6.07) is 19.7. The molecule has 256 valence electrons. The fourth-order valence-electron chi connectivity index (χ4n) is 6.67. The highest BCUT2D eigenvalue weighted by atomic mass is 35.5. The van der Waals surface area contributed by atoms with Crippen molar-refractivity contribution in [1.29, 1.82) is 5.26 Å². The van der Waals surface area contributed by atoms with E-state index < -0.39 is 0 Å². The molecule has 2 heterocycles. The van der Waals surface area contributed by atoms with Gasteiger partial charge in [0.2, 0.25) is 0 Å². The highest BCUT2D eigenvalue weighted by Crippen LogP contribution is 2.45. The molecule has 0 amide bonds. The Hall–Kier alpha value is -3.84. The summed E-state index contributed by atoms with van der Waals surface area (Å²) in [4.78, 5) is 6.51. The summed E-state index contributed by atoms with van der Waals surface area (Å²) in [5, 5.41) is 23.2. The number of rotatable bonds is 13. The number of nitrogens with one attached hydrogen (secondary N) is 1. The van der Waals surface area contributed by atoms with Crippen molar-refractivity contribution in [2.24, 2.45) is 5.92 Å². The Morgan fingerprint density at radius 1 is 1.04 bits per heavy atom. The van der Waals surface area contributed by atoms with E-state index in [0.717, 1.165) is 53.7 Å². The molecule has 3 aromatic carbocycles. The number of hydrogen-bond donors (Lipinski definition) is 2. The molecule has 0 saturated carbocycles. The maximum absolute atomic E-state index is 9.54. The van der Waals surface area contributed by atoms with Crippen LogP contribution in [0.1, 0.15) is 60.1 Å². The van der Waals surface area contributed by atoms with E-state index in [9.17, 15) is 10.4 Å². The SMILES string of the molecule is C[C@H](CO)NCc1cc(Cl)c(OC2CCc3c(-c4cccc(OCC5CCCN(C)C5)c4Cl)cccc32)cc1OCc1cncc(C#N)c1. The minimum atomic E-state index is -0.211. The van der Waals surface area contributed by atoms with Crippen LogP contribution in [0.5, 0.6) is 17.2 Å². The number of likely N-dealkylation sites (tertiary alicyclic amines) is 1. The molecule has 49 heavy (non-hydrogen) atoms. The van der Waals surface area contributed by atoms with Crippen LogP contribution in [0, 0.1) is 17.2 Å². The summed E-state index contributed by atoms with van der Waals surface area (Å²) in [7, 11) is 2.16. The van der Waals surface area contributed by atoms with E-state index >= 15 is 0 Å². The molecule has 2 aliphatic rings. The molecule has 1 aliphatic heterocycles. The van der Waals surface area contributed by atoms with Crippen LogP contribution in [0.15, 0.2) is 67.0 Å². The average Bonchev–Trinajstić information content (AvgIpc) is 3.53. The van der Waals surface area contributed by atoms with E-state index in [1.54, 1.807) is 12.3 Å². The second-order valence-corrected chi connectivity index (χ2v) is 13.8. The van der Waals surface area contributed by atoms with Crippen molar-refractivity contribution in [3.05, 3.63) is 105 Å². The first-order valence-corrected chi connectivity index (χ1v) is 17.6. The molecule has 0 bridgehead atoms. The summed E-state index contributed by atoms with van der Waals surface area (Å²) >= 11 is 13.9. The Kier molecular flexibility index (Phi) is 11.6. The standard InChI is InChI=1S/C39H42Cl2N4O4/c1-25(22-46)44-20-29-15-34(40)38(16-37(29)48-24-28-14-27(17-42)18-43-19-28)49-35-12-11-31-30(7-3-8-32(31)35)33-9-4-10-36(39(33)41)47-23-26-6-5-13-45(2)21-26/h3-4,7-10,14-16,18-19,25-26,35,44,46H,5-6,11-13,20-24H2,1-2H3/t25-,26?,35?/m1/s1. The average molecular weight is 702 g/mol. The molecule has 6 rings (SSSR count). The zero-order valence-corrected chi connectivity index (χ0v) is 29.4. The number of aromatic nitrogens is 1. The van der Waals surface area contributed by atoms with Crippen LogP contribution < -0.4 is 19.5 Å². The lowest BCUT2D eigenvalue weighted by Crippen LogP contribution is -2.34. The number of ether oxygens (including phenoxy) is 3. The topological polar surface area (TPSA) is 99.9 Å². The zero-order chi connectivity index (χ0) is 34.3. The summed E-state index contributed by atoms with van der Waals surface area (Å²) in [5.41, 5.74) is 6.40. The lowest BCUT2D eigenvalue weighted by molar-refractivity contribution is 0.150. The van der Waals surface area contributed by atoms with Crippen LogP contribution in [0.3, 0.4) is 0 Å². The highest BCUT2D eigenvalue weighted by Gasteiger charge is 2.29. The molecular weight excluding hydrogens is 659 g/mol. The Morgan fingerprint density at radius 3 is 2.69 bits per heavy atom. The van der Waals surface area contributed by atoms with Gasteiger partial charge in [-0.2, -0.15) is 5.26 Å². The molecule has 2 unspecified atom stereocenters. The van der Waals surface area contributed by atoms with Crippen LogP contribution in [0.4, 0.5) is 0 Å². The van der Waals surface area contributed by atoms with Crippen LogP contribution >= 0.6 is 23.2 Å². The van der Waals surface area contributed by atoms with Gasteiger partial charge in [-0.1, -0.05) is 53.5 Å². The molecule has 1 aliphatic carbocycles. The van der Waals surface area contributed by atoms with Gasteiger partial charge < -0.3 is 29.5 Å². The van der Waals surface area contributed by atoms with Crippen molar-refractivity contribution in [1.82, 2.24) is 15.2 Å². The van der Waals surface area contributed by atoms with E-state index in [-0.39, 0.29) is 25.4 Å². The molecule has 1 fully saturated rings. The number of hydrogen-bond acceptors (Lipinski definition) is 8. The van der Waals surface area contributed by atoms with Gasteiger partial charge in [0.05, 0.1) is 28.8 Å². The van der Waals surface area contributed by atoms with Gasteiger partial charge in [-0.25, -0.2) is 0 Å². The first kappa shape index (κ1) is 35.0. The second-order valence-electron chi connectivity index (χ2n) is 13.1. The maximum Gasteiger partial charge on any atom is 0.142 e. The number of aliphatic hydroxyl groups excluding tert-OH is 1. The third-order valence-corrected chi connectivity index (χ3v) is 9.97. The lowest BCUT2D eigenvalue weighted by Gasteiger charge is -2.29. The minimum Gasteiger partial charge on any atom is -0.492 e. The summed E-state index contributed by atoms with van der Waals surface area (Å²) in [6.45, 7) is 5.38. The third-order valence-electron chi connectivity index (χ3n) is 9.28. The molecule has 10 heteroatoms.